The van der Waals surface area contributed by atoms with Gasteiger partial charge < -0.3 is 19.7 Å². The lowest BCUT2D eigenvalue weighted by Gasteiger charge is -2.11. The summed E-state index contributed by atoms with van der Waals surface area (Å²) < 4.78 is 9.35. The first kappa shape index (κ1) is 13.2. The van der Waals surface area contributed by atoms with E-state index < -0.39 is 11.9 Å². The Morgan fingerprint density at radius 2 is 2.35 bits per heavy atom. The van der Waals surface area contributed by atoms with Crippen LogP contribution in [0.15, 0.2) is 10.6 Å². The molecule has 1 atom stereocenters. The third-order valence-electron chi connectivity index (χ3n) is 2.09. The monoisotopic (exact) mass is 242 g/mol. The summed E-state index contributed by atoms with van der Waals surface area (Å²) in [5, 5.41) is 14.6. The molecular formula is C10H14N2O5. The second kappa shape index (κ2) is 6.00. The van der Waals surface area contributed by atoms with E-state index in [4.69, 9.17) is 9.84 Å². The number of hydrogen-bond acceptors (Lipinski definition) is 5. The van der Waals surface area contributed by atoms with Crippen molar-refractivity contribution in [2.75, 3.05) is 13.7 Å². The first-order valence-electron chi connectivity index (χ1n) is 5.04. The highest BCUT2D eigenvalue weighted by Gasteiger charge is 2.17. The van der Waals surface area contributed by atoms with Crippen LogP contribution >= 0.6 is 0 Å². The average Bonchev–Trinajstić information content (AvgIpc) is 2.75. The second-order valence-corrected chi connectivity index (χ2v) is 3.54. The average molecular weight is 242 g/mol. The molecule has 1 unspecified atom stereocenters. The molecular weight excluding hydrogens is 228 g/mol. The van der Waals surface area contributed by atoms with Crippen molar-refractivity contribution < 1.29 is 24.0 Å². The minimum atomic E-state index is -1.26. The number of aromatic nitrogens is 1. The van der Waals surface area contributed by atoms with Crippen LogP contribution in [-0.4, -0.2) is 41.9 Å². The van der Waals surface area contributed by atoms with Gasteiger partial charge in [0.15, 0.2) is 5.69 Å². The fraction of sp³-hybridized carbons (Fsp3) is 0.500. The fourth-order valence-electron chi connectivity index (χ4n) is 1.15. The number of nitrogens with zero attached hydrogens (tertiary/aromatic N) is 1. The number of ether oxygens (including phenoxy) is 1. The zero-order valence-corrected chi connectivity index (χ0v) is 9.60. The van der Waals surface area contributed by atoms with Crippen molar-refractivity contribution >= 4 is 11.9 Å². The summed E-state index contributed by atoms with van der Waals surface area (Å²) in [7, 11) is 1.57. The van der Waals surface area contributed by atoms with E-state index in [1.54, 1.807) is 7.11 Å². The molecule has 0 aromatic carbocycles. The molecule has 0 spiro atoms. The van der Waals surface area contributed by atoms with Gasteiger partial charge in [-0.15, -0.1) is 0 Å². The molecule has 7 heteroatoms. The molecule has 7 nitrogen and oxygen atoms in total. The molecule has 1 aromatic heterocycles. The van der Waals surface area contributed by atoms with Crippen LogP contribution in [0.25, 0.3) is 0 Å². The Kier molecular flexibility index (Phi) is 4.65. The molecule has 1 amide bonds. The van der Waals surface area contributed by atoms with Crippen LogP contribution in [-0.2, 0) is 4.74 Å². The number of aromatic carboxylic acids is 1. The van der Waals surface area contributed by atoms with E-state index in [9.17, 15) is 9.59 Å². The summed E-state index contributed by atoms with van der Waals surface area (Å²) in [6, 6.07) is 0.994. The quantitative estimate of drug-likeness (QED) is 0.754. The van der Waals surface area contributed by atoms with Gasteiger partial charge in [0, 0.05) is 25.8 Å². The van der Waals surface area contributed by atoms with Crippen LogP contribution in [0.3, 0.4) is 0 Å². The van der Waals surface area contributed by atoms with Gasteiger partial charge in [0.2, 0.25) is 5.76 Å². The fourth-order valence-corrected chi connectivity index (χ4v) is 1.15. The Morgan fingerprint density at radius 1 is 1.65 bits per heavy atom. The maximum absolute atomic E-state index is 11.6. The van der Waals surface area contributed by atoms with Crippen LogP contribution in [0.1, 0.15) is 34.4 Å². The molecule has 0 aliphatic carbocycles. The summed E-state index contributed by atoms with van der Waals surface area (Å²) in [5.74, 6) is -2.09. The van der Waals surface area contributed by atoms with Gasteiger partial charge in [-0.25, -0.2) is 4.79 Å². The number of carbonyl (C=O) groups excluding carboxylic acids is 1. The van der Waals surface area contributed by atoms with Crippen molar-refractivity contribution in [2.24, 2.45) is 0 Å². The zero-order chi connectivity index (χ0) is 12.8. The standard InChI is InChI=1S/C10H14N2O5/c1-6(3-4-16-2)11-9(13)7-5-8(10(14)15)17-12-7/h5-6H,3-4H2,1-2H3,(H,11,13)(H,14,15). The van der Waals surface area contributed by atoms with Crippen LogP contribution < -0.4 is 5.32 Å². The van der Waals surface area contributed by atoms with Gasteiger partial charge in [-0.05, 0) is 13.3 Å². The maximum Gasteiger partial charge on any atom is 0.374 e. The number of carbonyl (C=O) groups is 2. The van der Waals surface area contributed by atoms with Crippen molar-refractivity contribution in [1.29, 1.82) is 0 Å². The van der Waals surface area contributed by atoms with E-state index in [1.807, 2.05) is 6.92 Å². The third-order valence-corrected chi connectivity index (χ3v) is 2.09. The number of methoxy groups -OCH3 is 1. The molecule has 17 heavy (non-hydrogen) atoms. The molecule has 1 aromatic rings. The molecule has 0 aliphatic heterocycles. The molecule has 2 N–H and O–H groups in total. The highest BCUT2D eigenvalue weighted by atomic mass is 16.5. The number of hydrogen-bond donors (Lipinski definition) is 2. The van der Waals surface area contributed by atoms with E-state index in [-0.39, 0.29) is 17.5 Å². The van der Waals surface area contributed by atoms with Gasteiger partial charge in [-0.3, -0.25) is 4.79 Å². The van der Waals surface area contributed by atoms with Crippen molar-refractivity contribution in [3.8, 4) is 0 Å². The number of carboxylic acid groups (broad SMARTS) is 1. The topological polar surface area (TPSA) is 102 Å². The molecule has 0 aliphatic rings. The minimum absolute atomic E-state index is 0.0494. The van der Waals surface area contributed by atoms with E-state index >= 15 is 0 Å². The van der Waals surface area contributed by atoms with E-state index in [1.165, 1.54) is 0 Å². The van der Waals surface area contributed by atoms with Gasteiger partial charge in [0.05, 0.1) is 0 Å². The minimum Gasteiger partial charge on any atom is -0.475 e. The lowest BCUT2D eigenvalue weighted by molar-refractivity contribution is 0.0650. The second-order valence-electron chi connectivity index (χ2n) is 3.54. The maximum atomic E-state index is 11.6. The molecule has 0 fully saturated rings. The predicted octanol–water partition coefficient (Wildman–Crippen LogP) is 0.528. The van der Waals surface area contributed by atoms with Crippen LogP contribution in [0, 0.1) is 0 Å². The molecule has 0 saturated carbocycles. The molecule has 1 rings (SSSR count). The molecule has 1 heterocycles. The summed E-state index contributed by atoms with van der Waals surface area (Å²) in [6.07, 6.45) is 0.659. The normalized spacial score (nSPS) is 12.1. The first-order chi connectivity index (χ1) is 8.04. The van der Waals surface area contributed by atoms with Crippen LogP contribution in [0.4, 0.5) is 0 Å². The first-order valence-corrected chi connectivity index (χ1v) is 5.04. The number of nitrogens with one attached hydrogen (secondary N) is 1. The smallest absolute Gasteiger partial charge is 0.374 e. The highest BCUT2D eigenvalue weighted by molar-refractivity contribution is 5.94. The van der Waals surface area contributed by atoms with Gasteiger partial charge in [0.1, 0.15) is 0 Å². The van der Waals surface area contributed by atoms with Gasteiger partial charge in [-0.1, -0.05) is 5.16 Å². The molecule has 0 saturated heterocycles. The Hall–Kier alpha value is -1.89. The number of carboxylic acids is 1. The number of rotatable bonds is 6. The van der Waals surface area contributed by atoms with E-state index in [2.05, 4.69) is 15.0 Å². The van der Waals surface area contributed by atoms with Crippen molar-refractivity contribution in [1.82, 2.24) is 10.5 Å². The summed E-state index contributed by atoms with van der Waals surface area (Å²) in [4.78, 5) is 22.1. The molecule has 94 valence electrons. The summed E-state index contributed by atoms with van der Waals surface area (Å²) >= 11 is 0. The summed E-state index contributed by atoms with van der Waals surface area (Å²) in [5.41, 5.74) is -0.0494. The Bertz CT molecular complexity index is 401. The van der Waals surface area contributed by atoms with Crippen molar-refractivity contribution in [3.05, 3.63) is 17.5 Å². The molecule has 0 radical (unpaired) electrons. The zero-order valence-electron chi connectivity index (χ0n) is 9.60. The Balaban J connectivity index is 2.54. The summed E-state index contributed by atoms with van der Waals surface area (Å²) in [6.45, 7) is 2.34. The van der Waals surface area contributed by atoms with Crippen LogP contribution in [0.2, 0.25) is 0 Å². The van der Waals surface area contributed by atoms with Crippen LogP contribution in [0.5, 0.6) is 0 Å². The third kappa shape index (κ3) is 3.87. The van der Waals surface area contributed by atoms with Gasteiger partial charge in [-0.2, -0.15) is 0 Å². The van der Waals surface area contributed by atoms with Gasteiger partial charge in [0.25, 0.3) is 5.91 Å². The SMILES string of the molecule is COCCC(C)NC(=O)c1cc(C(=O)O)on1. The Morgan fingerprint density at radius 3 is 2.88 bits per heavy atom. The lowest BCUT2D eigenvalue weighted by atomic mass is 10.2. The number of amides is 1. The van der Waals surface area contributed by atoms with E-state index in [0.29, 0.717) is 13.0 Å². The largest absolute Gasteiger partial charge is 0.475 e. The van der Waals surface area contributed by atoms with E-state index in [0.717, 1.165) is 6.07 Å². The Labute approximate surface area is 97.7 Å². The van der Waals surface area contributed by atoms with Gasteiger partial charge >= 0.3 is 5.97 Å². The predicted molar refractivity (Wildman–Crippen MR) is 56.9 cm³/mol. The molecule has 0 bridgehead atoms. The highest BCUT2D eigenvalue weighted by Crippen LogP contribution is 2.04. The van der Waals surface area contributed by atoms with Crippen molar-refractivity contribution in [2.45, 2.75) is 19.4 Å². The van der Waals surface area contributed by atoms with Crippen molar-refractivity contribution in [3.63, 3.8) is 0 Å². The lowest BCUT2D eigenvalue weighted by Crippen LogP contribution is -2.33.